The number of aromatic nitrogens is 4. The van der Waals surface area contributed by atoms with E-state index in [9.17, 15) is 0 Å². The van der Waals surface area contributed by atoms with Crippen molar-refractivity contribution < 1.29 is 0 Å². The maximum atomic E-state index is 5.54. The maximum Gasteiger partial charge on any atom is 0.213 e. The van der Waals surface area contributed by atoms with Gasteiger partial charge in [-0.3, -0.25) is 4.57 Å². The number of nitrogens with zero attached hydrogens (tertiary/aromatic N) is 6. The average molecular weight is 820 g/mol. The molecule has 0 radical (unpaired) electrons. The van der Waals surface area contributed by atoms with Gasteiger partial charge in [0.15, 0.2) is 5.84 Å². The molecule has 0 amide bonds. The number of nitrogens with one attached hydrogen (secondary N) is 1. The highest BCUT2D eigenvalue weighted by Crippen LogP contribution is 2.44. The first-order chi connectivity index (χ1) is 31.8. The lowest BCUT2D eigenvalue weighted by atomic mass is 10.1. The topological polar surface area (TPSA) is 56.5 Å². The van der Waals surface area contributed by atoms with E-state index in [0.717, 1.165) is 66.2 Å². The predicted octanol–water partition coefficient (Wildman–Crippen LogP) is 13.5. The van der Waals surface area contributed by atoms with Crippen LogP contribution in [-0.4, -0.2) is 30.1 Å². The van der Waals surface area contributed by atoms with E-state index < -0.39 is 6.29 Å². The lowest BCUT2D eigenvalue weighted by Gasteiger charge is -2.27. The van der Waals surface area contributed by atoms with Crippen LogP contribution in [0.25, 0.3) is 98.6 Å². The largest absolute Gasteiger partial charge is 0.316 e. The van der Waals surface area contributed by atoms with Crippen molar-refractivity contribution in [1.82, 2.24) is 23.6 Å². The third kappa shape index (κ3) is 4.86. The van der Waals surface area contributed by atoms with Gasteiger partial charge >= 0.3 is 0 Å². The standard InChI is InChI=1S/C57H37N7/c1-4-18-36(19-5-1)55-58-56(63-49-31-17-13-27-45(49)51-50(63)35-34-42-39-24-10-14-28-46(39)61(52(42)51)37-20-6-2-7-21-37)60-57(59-55)64-48-30-16-12-26-41(48)44-33-32-43-40-25-11-15-29-47(40)62(53(43)54(44)64)38-22-8-3-9-23-38/h1-35,56H,(H,58,59,60). The van der Waals surface area contributed by atoms with Crippen LogP contribution < -0.4 is 5.32 Å². The van der Waals surface area contributed by atoms with Gasteiger partial charge in [-0.2, -0.15) is 4.99 Å². The summed E-state index contributed by atoms with van der Waals surface area (Å²) in [6.07, 6.45) is -0.562. The molecule has 1 atom stereocenters. The Hall–Kier alpha value is -8.68. The van der Waals surface area contributed by atoms with Crippen LogP contribution in [0.15, 0.2) is 222 Å². The van der Waals surface area contributed by atoms with Gasteiger partial charge in [0, 0.05) is 60.0 Å². The third-order valence-corrected chi connectivity index (χ3v) is 13.2. The molecule has 0 bridgehead atoms. The average Bonchev–Trinajstić information content (AvgIpc) is 4.10. The van der Waals surface area contributed by atoms with Crippen molar-refractivity contribution in [3.8, 4) is 11.4 Å². The minimum atomic E-state index is -0.562. The molecule has 300 valence electrons. The molecule has 14 rings (SSSR count). The zero-order chi connectivity index (χ0) is 41.9. The molecule has 9 aromatic carbocycles. The highest BCUT2D eigenvalue weighted by Gasteiger charge is 2.29. The van der Waals surface area contributed by atoms with E-state index in [1.165, 1.54) is 38.0 Å². The Balaban J connectivity index is 1.08. The van der Waals surface area contributed by atoms with Crippen LogP contribution in [0.2, 0.25) is 0 Å². The van der Waals surface area contributed by atoms with E-state index in [2.05, 4.69) is 230 Å². The molecule has 0 saturated carbocycles. The Morgan fingerprint density at radius 2 is 0.781 bits per heavy atom. The van der Waals surface area contributed by atoms with Crippen molar-refractivity contribution in [2.24, 2.45) is 9.98 Å². The SMILES string of the molecule is c1ccc(C2=NC(n3c4ccccc4c4c5c(ccc43)c3ccccc3n5-c3ccccc3)NC(n3c4ccccc4c4ccc5c6ccccc6n(-c6ccccc6)c5c43)=N2)cc1. The number of amidine groups is 1. The van der Waals surface area contributed by atoms with Crippen LogP contribution in [0, 0.1) is 0 Å². The summed E-state index contributed by atoms with van der Waals surface area (Å²) in [7, 11) is 0. The molecule has 64 heavy (non-hydrogen) atoms. The summed E-state index contributed by atoms with van der Waals surface area (Å²) in [5, 5.41) is 13.4. The molecule has 0 saturated heterocycles. The first-order valence-electron chi connectivity index (χ1n) is 21.8. The fourth-order valence-electron chi connectivity index (χ4n) is 10.6. The van der Waals surface area contributed by atoms with Crippen molar-refractivity contribution in [1.29, 1.82) is 0 Å². The Morgan fingerprint density at radius 1 is 0.344 bits per heavy atom. The minimum absolute atomic E-state index is 0.562. The third-order valence-electron chi connectivity index (χ3n) is 13.2. The molecule has 1 aliphatic rings. The van der Waals surface area contributed by atoms with Gasteiger partial charge in [-0.1, -0.05) is 158 Å². The highest BCUT2D eigenvalue weighted by molar-refractivity contribution is 6.28. The molecule has 7 nitrogen and oxygen atoms in total. The maximum absolute atomic E-state index is 5.54. The summed E-state index contributed by atoms with van der Waals surface area (Å²) >= 11 is 0. The monoisotopic (exact) mass is 819 g/mol. The molecule has 5 heterocycles. The van der Waals surface area contributed by atoms with Gasteiger partial charge in [-0.25, -0.2) is 4.99 Å². The lowest BCUT2D eigenvalue weighted by Crippen LogP contribution is -2.40. The van der Waals surface area contributed by atoms with Crippen LogP contribution in [0.1, 0.15) is 11.9 Å². The first-order valence-corrected chi connectivity index (χ1v) is 21.8. The summed E-state index contributed by atoms with van der Waals surface area (Å²) < 4.78 is 9.56. The molecule has 13 aromatic rings. The lowest BCUT2D eigenvalue weighted by molar-refractivity contribution is 0.509. The van der Waals surface area contributed by atoms with Crippen molar-refractivity contribution >= 4 is 99.0 Å². The Kier molecular flexibility index (Phi) is 7.33. The number of hydrogen-bond donors (Lipinski definition) is 1. The summed E-state index contributed by atoms with van der Waals surface area (Å²) in [5.41, 5.74) is 12.1. The van der Waals surface area contributed by atoms with E-state index in [0.29, 0.717) is 11.8 Å². The van der Waals surface area contributed by atoms with E-state index in [1.54, 1.807) is 0 Å². The predicted molar refractivity (Wildman–Crippen MR) is 266 cm³/mol. The molecular weight excluding hydrogens is 783 g/mol. The van der Waals surface area contributed by atoms with E-state index in [1.807, 2.05) is 6.07 Å². The number of benzene rings is 9. The number of hydrogen-bond acceptors (Lipinski definition) is 3. The van der Waals surface area contributed by atoms with Gasteiger partial charge in [0.25, 0.3) is 0 Å². The van der Waals surface area contributed by atoms with Gasteiger partial charge in [-0.05, 0) is 54.6 Å². The van der Waals surface area contributed by atoms with Crippen LogP contribution in [0.3, 0.4) is 0 Å². The van der Waals surface area contributed by atoms with Crippen molar-refractivity contribution in [3.63, 3.8) is 0 Å². The number of para-hydroxylation sites is 6. The van der Waals surface area contributed by atoms with Gasteiger partial charge in [0.05, 0.1) is 44.1 Å². The van der Waals surface area contributed by atoms with Gasteiger partial charge in [0.1, 0.15) is 0 Å². The number of rotatable bonds is 4. The first kappa shape index (κ1) is 35.0. The van der Waals surface area contributed by atoms with Crippen LogP contribution in [0.4, 0.5) is 0 Å². The van der Waals surface area contributed by atoms with Crippen molar-refractivity contribution in [2.75, 3.05) is 0 Å². The fraction of sp³-hybridized carbons (Fsp3) is 0.0175. The molecule has 1 N–H and O–H groups in total. The molecule has 7 heteroatoms. The minimum Gasteiger partial charge on any atom is -0.316 e. The number of fused-ring (bicyclic) bond motifs is 14. The summed E-state index contributed by atoms with van der Waals surface area (Å²) in [5.74, 6) is 1.36. The van der Waals surface area contributed by atoms with Crippen LogP contribution in [-0.2, 0) is 0 Å². The quantitative estimate of drug-likeness (QED) is 0.189. The number of aliphatic imine (C=N–C) groups is 2. The Morgan fingerprint density at radius 3 is 1.38 bits per heavy atom. The van der Waals surface area contributed by atoms with Crippen LogP contribution >= 0.6 is 0 Å². The zero-order valence-electron chi connectivity index (χ0n) is 34.5. The van der Waals surface area contributed by atoms with Crippen LogP contribution in [0.5, 0.6) is 0 Å². The summed E-state index contributed by atoms with van der Waals surface area (Å²) in [4.78, 5) is 11.0. The van der Waals surface area contributed by atoms with Crippen molar-refractivity contribution in [2.45, 2.75) is 6.29 Å². The molecule has 1 unspecified atom stereocenters. The van der Waals surface area contributed by atoms with E-state index >= 15 is 0 Å². The Bertz CT molecular complexity index is 4090. The molecular formula is C57H37N7. The normalized spacial score (nSPS) is 14.4. The van der Waals surface area contributed by atoms with Gasteiger partial charge in [-0.15, -0.1) is 0 Å². The van der Waals surface area contributed by atoms with Crippen molar-refractivity contribution in [3.05, 3.63) is 218 Å². The smallest absolute Gasteiger partial charge is 0.213 e. The molecule has 0 spiro atoms. The second-order valence-electron chi connectivity index (χ2n) is 16.6. The Labute approximate surface area is 366 Å². The highest BCUT2D eigenvalue weighted by atomic mass is 15.4. The second kappa shape index (κ2) is 13.4. The van der Waals surface area contributed by atoms with Gasteiger partial charge in [0.2, 0.25) is 12.2 Å². The van der Waals surface area contributed by atoms with E-state index in [-0.39, 0.29) is 0 Å². The summed E-state index contributed by atoms with van der Waals surface area (Å²) in [6.45, 7) is 0. The molecule has 1 aliphatic heterocycles. The second-order valence-corrected chi connectivity index (χ2v) is 16.6. The summed E-state index contributed by atoms with van der Waals surface area (Å²) in [6, 6.07) is 75.9. The van der Waals surface area contributed by atoms with Gasteiger partial charge < -0.3 is 19.0 Å². The molecule has 4 aromatic heterocycles. The fourth-order valence-corrected chi connectivity index (χ4v) is 10.6. The molecule has 0 aliphatic carbocycles. The van der Waals surface area contributed by atoms with E-state index in [4.69, 9.17) is 9.98 Å². The molecule has 0 fully saturated rings. The zero-order valence-corrected chi connectivity index (χ0v) is 34.5.